The van der Waals surface area contributed by atoms with Gasteiger partial charge in [-0.2, -0.15) is 0 Å². The number of fused-ring (bicyclic) bond motifs is 6. The number of ether oxygens (including phenoxy) is 7. The Kier molecular flexibility index (Phi) is 16.7. The van der Waals surface area contributed by atoms with Crippen LogP contribution < -0.4 is 0 Å². The first-order chi connectivity index (χ1) is 28.0. The van der Waals surface area contributed by atoms with Gasteiger partial charge >= 0.3 is 23.9 Å². The van der Waals surface area contributed by atoms with Crippen LogP contribution >= 0.6 is 0 Å². The molecule has 0 aromatic heterocycles. The van der Waals surface area contributed by atoms with Gasteiger partial charge < -0.3 is 53.6 Å². The second kappa shape index (κ2) is 20.4. The van der Waals surface area contributed by atoms with Crippen LogP contribution in [0.25, 0.3) is 0 Å². The summed E-state index contributed by atoms with van der Waals surface area (Å²) in [5.41, 5.74) is -1.62. The molecule has 15 nitrogen and oxygen atoms in total. The Hall–Kier alpha value is -3.70. The third-order valence-electron chi connectivity index (χ3n) is 11.9. The van der Waals surface area contributed by atoms with Crippen molar-refractivity contribution in [2.75, 3.05) is 7.11 Å². The highest BCUT2D eigenvalue weighted by molar-refractivity contribution is 5.84. The number of rotatable bonds is 8. The van der Waals surface area contributed by atoms with Crippen molar-refractivity contribution in [1.29, 1.82) is 0 Å². The zero-order valence-electron chi connectivity index (χ0n) is 36.3. The van der Waals surface area contributed by atoms with Crippen LogP contribution in [0.1, 0.15) is 113 Å². The van der Waals surface area contributed by atoms with Crippen LogP contribution in [-0.2, 0) is 52.3 Å². The van der Waals surface area contributed by atoms with Crippen LogP contribution in [0.4, 0.5) is 0 Å². The molecule has 3 fully saturated rings. The zero-order chi connectivity index (χ0) is 44.6. The van der Waals surface area contributed by atoms with Crippen molar-refractivity contribution in [3.8, 4) is 0 Å². The van der Waals surface area contributed by atoms with Crippen molar-refractivity contribution in [2.24, 2.45) is 10.8 Å². The van der Waals surface area contributed by atoms with Crippen molar-refractivity contribution in [1.82, 2.24) is 0 Å². The molecule has 336 valence electrons. The summed E-state index contributed by atoms with van der Waals surface area (Å²) >= 11 is 0. The minimum Gasteiger partial charge on any atom is -0.466 e. The number of methoxy groups -OCH3 is 1. The van der Waals surface area contributed by atoms with Gasteiger partial charge in [-0.1, -0.05) is 83.6 Å². The third kappa shape index (κ3) is 12.2. The number of aliphatic hydroxyl groups is 4. The molecule has 0 aliphatic carbocycles. The van der Waals surface area contributed by atoms with Gasteiger partial charge in [-0.25, -0.2) is 9.59 Å². The van der Waals surface area contributed by atoms with Gasteiger partial charge in [0.25, 0.3) is 0 Å². The number of hydrogen-bond donors (Lipinski definition) is 4. The Morgan fingerprint density at radius 2 is 1.68 bits per heavy atom. The molecule has 4 N–H and O–H groups in total. The predicted molar refractivity (Wildman–Crippen MR) is 217 cm³/mol. The van der Waals surface area contributed by atoms with Crippen molar-refractivity contribution in [3.05, 3.63) is 60.3 Å². The second-order valence-electron chi connectivity index (χ2n) is 17.7. The minimum absolute atomic E-state index is 0.0786. The molecule has 0 aromatic carbocycles. The molecule has 0 amide bonds. The van der Waals surface area contributed by atoms with Crippen LogP contribution in [0.5, 0.6) is 0 Å². The van der Waals surface area contributed by atoms with Gasteiger partial charge in [-0.3, -0.25) is 9.59 Å². The maximum absolute atomic E-state index is 13.4. The SMILES string of the molecule is C=C1C[C@H]2C[C@]3(O)O[C@H](C[C@@H](O)CC(=O)O[C@@H]([C@@H](C)O)C[C@@H]4C/C(=C\C(=O)OC)[C@H](OC(=O)/C=C/C=C/CCC)[C@@](O)(O4)C(C)(C)/C=C\[C@@H](C1)O2)C[C@H](OC(C)=O)C3(C)C. The average molecular weight is 847 g/mol. The number of unbranched alkanes of at least 4 members (excludes halogenated alkanes) is 1. The molecule has 4 aliphatic heterocycles. The van der Waals surface area contributed by atoms with Gasteiger partial charge in [-0.15, -0.1) is 0 Å². The average Bonchev–Trinajstić information content (AvgIpc) is 3.13. The molecule has 4 heterocycles. The fourth-order valence-electron chi connectivity index (χ4n) is 8.28. The van der Waals surface area contributed by atoms with E-state index in [1.807, 2.05) is 13.0 Å². The fourth-order valence-corrected chi connectivity index (χ4v) is 8.28. The van der Waals surface area contributed by atoms with Crippen LogP contribution in [0, 0.1) is 10.8 Å². The maximum Gasteiger partial charge on any atom is 0.331 e. The zero-order valence-corrected chi connectivity index (χ0v) is 36.3. The molecule has 6 bridgehead atoms. The lowest BCUT2D eigenvalue weighted by Gasteiger charge is -2.53. The van der Waals surface area contributed by atoms with E-state index in [4.69, 9.17) is 33.2 Å². The molecule has 0 radical (unpaired) electrons. The van der Waals surface area contributed by atoms with Crippen LogP contribution in [0.2, 0.25) is 0 Å². The molecule has 0 saturated carbocycles. The van der Waals surface area contributed by atoms with Crippen molar-refractivity contribution in [2.45, 2.75) is 179 Å². The molecular weight excluding hydrogens is 780 g/mol. The normalized spacial score (nSPS) is 36.8. The number of aliphatic hydroxyl groups excluding tert-OH is 2. The summed E-state index contributed by atoms with van der Waals surface area (Å²) in [6.45, 7) is 15.7. The van der Waals surface area contributed by atoms with Gasteiger partial charge in [-0.05, 0) is 38.2 Å². The topological polar surface area (TPSA) is 214 Å². The molecule has 4 aliphatic rings. The van der Waals surface area contributed by atoms with E-state index in [0.717, 1.165) is 24.5 Å². The number of cyclic esters (lactones) is 1. The predicted octanol–water partition coefficient (Wildman–Crippen LogP) is 4.74. The van der Waals surface area contributed by atoms with E-state index in [1.54, 1.807) is 45.9 Å². The number of esters is 4. The molecular formula is C45H66O15. The molecule has 0 unspecified atom stereocenters. The van der Waals surface area contributed by atoms with Crippen LogP contribution in [0.15, 0.2) is 60.3 Å². The Morgan fingerprint density at radius 3 is 2.33 bits per heavy atom. The summed E-state index contributed by atoms with van der Waals surface area (Å²) in [6, 6.07) is 0. The Morgan fingerprint density at radius 1 is 0.967 bits per heavy atom. The van der Waals surface area contributed by atoms with E-state index in [1.165, 1.54) is 33.1 Å². The standard InChI is InChI=1S/C45H66O15/c1-10-11-12-13-14-15-38(49)58-41-30(21-39(50)54-9)20-33-24-36(28(3)46)57-40(51)23-31(48)22-34-25-37(55-29(4)47)43(7,8)44(52,59-34)26-35-19-27(2)18-32(56-35)16-17-42(5,6)45(41,53)60-33/h12-17,21,28,31-37,41,46,48,52-53H,2,10-11,18-20,22-26H2,1,3-9H3/b13-12+,15-14+,17-16-,30-21+/t28-,31-,32+,33+,34-,35+,36-,37+,41+,44+,45-/m1/s1. The van der Waals surface area contributed by atoms with E-state index in [9.17, 15) is 39.6 Å². The van der Waals surface area contributed by atoms with Gasteiger partial charge in [0, 0.05) is 50.2 Å². The Balaban J connectivity index is 1.82. The van der Waals surface area contributed by atoms with Gasteiger partial charge in [0.2, 0.25) is 5.79 Å². The first-order valence-electron chi connectivity index (χ1n) is 20.9. The van der Waals surface area contributed by atoms with Crippen LogP contribution in [0.3, 0.4) is 0 Å². The largest absolute Gasteiger partial charge is 0.466 e. The van der Waals surface area contributed by atoms with E-state index in [0.29, 0.717) is 12.8 Å². The number of hydrogen-bond acceptors (Lipinski definition) is 15. The van der Waals surface area contributed by atoms with E-state index < -0.39 is 108 Å². The fraction of sp³-hybridized carbons (Fsp3) is 0.689. The number of allylic oxidation sites excluding steroid dienone is 3. The summed E-state index contributed by atoms with van der Waals surface area (Å²) in [5, 5.41) is 47.2. The van der Waals surface area contributed by atoms with Gasteiger partial charge in [0.05, 0.1) is 55.6 Å². The van der Waals surface area contributed by atoms with E-state index in [2.05, 4.69) is 6.58 Å². The highest BCUT2D eigenvalue weighted by Gasteiger charge is 2.59. The van der Waals surface area contributed by atoms with Crippen molar-refractivity contribution in [3.63, 3.8) is 0 Å². The summed E-state index contributed by atoms with van der Waals surface area (Å²) in [7, 11) is 1.18. The molecule has 0 aromatic rings. The van der Waals surface area contributed by atoms with E-state index >= 15 is 0 Å². The number of carbonyl (C=O) groups is 4. The molecule has 60 heavy (non-hydrogen) atoms. The van der Waals surface area contributed by atoms with Gasteiger partial charge in [0.15, 0.2) is 11.9 Å². The molecule has 4 rings (SSSR count). The van der Waals surface area contributed by atoms with Crippen molar-refractivity contribution >= 4 is 23.9 Å². The smallest absolute Gasteiger partial charge is 0.331 e. The lowest BCUT2D eigenvalue weighted by atomic mass is 9.70. The lowest BCUT2D eigenvalue weighted by Crippen LogP contribution is -2.62. The first-order valence-corrected chi connectivity index (χ1v) is 20.9. The van der Waals surface area contributed by atoms with Gasteiger partial charge in [0.1, 0.15) is 12.2 Å². The van der Waals surface area contributed by atoms with Crippen molar-refractivity contribution < 1.29 is 72.8 Å². The summed E-state index contributed by atoms with van der Waals surface area (Å²) in [4.78, 5) is 51.8. The molecule has 11 atom stereocenters. The highest BCUT2D eigenvalue weighted by atomic mass is 16.7. The maximum atomic E-state index is 13.4. The molecule has 15 heteroatoms. The quantitative estimate of drug-likeness (QED) is 0.0854. The Labute approximate surface area is 353 Å². The summed E-state index contributed by atoms with van der Waals surface area (Å²) in [5.74, 6) is -7.36. The summed E-state index contributed by atoms with van der Waals surface area (Å²) in [6.07, 6.45) is 3.04. The number of carbonyl (C=O) groups excluding carboxylic acids is 4. The lowest BCUT2D eigenvalue weighted by molar-refractivity contribution is -0.348. The molecule has 0 spiro atoms. The molecule has 3 saturated heterocycles. The third-order valence-corrected chi connectivity index (χ3v) is 11.9. The first kappa shape index (κ1) is 49.0. The van der Waals surface area contributed by atoms with Crippen LogP contribution in [-0.4, -0.2) is 118 Å². The second-order valence-corrected chi connectivity index (χ2v) is 17.7. The Bertz CT molecular complexity index is 1680. The highest BCUT2D eigenvalue weighted by Crippen LogP contribution is 2.50. The minimum atomic E-state index is -2.39. The van der Waals surface area contributed by atoms with E-state index in [-0.39, 0.29) is 37.7 Å². The summed E-state index contributed by atoms with van der Waals surface area (Å²) < 4.78 is 41.6. The monoisotopic (exact) mass is 846 g/mol.